The first-order valence-electron chi connectivity index (χ1n) is 11.0. The highest BCUT2D eigenvalue weighted by molar-refractivity contribution is 5.93. The molecule has 0 saturated carbocycles. The highest BCUT2D eigenvalue weighted by Gasteiger charge is 2.27. The average molecular weight is 431 g/mol. The smallest absolute Gasteiger partial charge is 0.254 e. The molecule has 164 valence electrons. The summed E-state index contributed by atoms with van der Waals surface area (Å²) in [6.45, 7) is 3.18. The van der Waals surface area contributed by atoms with Crippen LogP contribution in [0.15, 0.2) is 54.9 Å². The summed E-state index contributed by atoms with van der Waals surface area (Å²) in [5.41, 5.74) is 3.92. The van der Waals surface area contributed by atoms with Crippen molar-refractivity contribution in [1.29, 1.82) is 0 Å². The number of carbonyl (C=O) groups excluding carboxylic acids is 1. The summed E-state index contributed by atoms with van der Waals surface area (Å²) < 4.78 is 11.4. The predicted octanol–water partition coefficient (Wildman–Crippen LogP) is 3.61. The average Bonchev–Trinajstić information content (AvgIpc) is 3.32. The molecular formula is C25H26N4O3. The van der Waals surface area contributed by atoms with Crippen molar-refractivity contribution in [3.63, 3.8) is 0 Å². The van der Waals surface area contributed by atoms with Gasteiger partial charge in [0.1, 0.15) is 13.2 Å². The Morgan fingerprint density at radius 3 is 2.56 bits per heavy atom. The summed E-state index contributed by atoms with van der Waals surface area (Å²) in [7, 11) is 1.59. The van der Waals surface area contributed by atoms with Crippen LogP contribution in [0.4, 0.5) is 0 Å². The van der Waals surface area contributed by atoms with Crippen molar-refractivity contribution in [2.24, 2.45) is 0 Å². The molecule has 1 amide bonds. The lowest BCUT2D eigenvalue weighted by Crippen LogP contribution is -2.23. The summed E-state index contributed by atoms with van der Waals surface area (Å²) in [6.07, 6.45) is 5.43. The number of rotatable bonds is 5. The van der Waals surface area contributed by atoms with Crippen molar-refractivity contribution in [2.75, 3.05) is 26.8 Å². The molecule has 1 N–H and O–H groups in total. The molecule has 0 spiro atoms. The van der Waals surface area contributed by atoms with Gasteiger partial charge in [-0.25, -0.2) is 9.97 Å². The van der Waals surface area contributed by atoms with Gasteiger partial charge < -0.3 is 14.8 Å². The molecule has 5 rings (SSSR count). The Labute approximate surface area is 187 Å². The lowest BCUT2D eigenvalue weighted by molar-refractivity contribution is 0.0962. The zero-order valence-electron chi connectivity index (χ0n) is 18.1. The molecule has 2 aromatic carbocycles. The molecule has 1 unspecified atom stereocenters. The van der Waals surface area contributed by atoms with Crippen molar-refractivity contribution < 1.29 is 14.3 Å². The fourth-order valence-electron chi connectivity index (χ4n) is 4.39. The number of carbonyl (C=O) groups is 1. The van der Waals surface area contributed by atoms with E-state index in [1.54, 1.807) is 19.4 Å². The largest absolute Gasteiger partial charge is 0.486 e. The van der Waals surface area contributed by atoms with Crippen LogP contribution < -0.4 is 14.8 Å². The van der Waals surface area contributed by atoms with Crippen LogP contribution >= 0.6 is 0 Å². The third kappa shape index (κ3) is 4.16. The van der Waals surface area contributed by atoms with Gasteiger partial charge >= 0.3 is 0 Å². The molecule has 1 saturated heterocycles. The molecule has 32 heavy (non-hydrogen) atoms. The third-order valence-electron chi connectivity index (χ3n) is 6.05. The van der Waals surface area contributed by atoms with Crippen molar-refractivity contribution >= 4 is 5.91 Å². The lowest BCUT2D eigenvalue weighted by Gasteiger charge is -2.26. The molecule has 0 bridgehead atoms. The standard InChI is InChI=1S/C25H26N4O3/c1-26-25(30)20-14-27-24(28-15-20)18-6-4-17(5-7-18)16-29-10-2-3-21(29)19-8-9-22-23(13-19)32-12-11-31-22/h4-9,13-15,21H,2-3,10-12,16H2,1H3,(H,26,30). The van der Waals surface area contributed by atoms with E-state index in [2.05, 4.69) is 44.5 Å². The van der Waals surface area contributed by atoms with Crippen LogP contribution in [0.25, 0.3) is 11.4 Å². The maximum atomic E-state index is 11.7. The number of ether oxygens (including phenoxy) is 2. The number of benzene rings is 2. The molecule has 0 aliphatic carbocycles. The molecule has 3 aromatic rings. The Hall–Kier alpha value is -3.45. The predicted molar refractivity (Wildman–Crippen MR) is 121 cm³/mol. The van der Waals surface area contributed by atoms with Gasteiger partial charge in [0.15, 0.2) is 17.3 Å². The van der Waals surface area contributed by atoms with Gasteiger partial charge in [-0.3, -0.25) is 9.69 Å². The maximum Gasteiger partial charge on any atom is 0.254 e. The summed E-state index contributed by atoms with van der Waals surface area (Å²) in [5, 5.41) is 2.58. The lowest BCUT2D eigenvalue weighted by atomic mass is 10.0. The van der Waals surface area contributed by atoms with Gasteiger partial charge in [-0.15, -0.1) is 0 Å². The Bertz CT molecular complexity index is 1100. The van der Waals surface area contributed by atoms with Crippen LogP contribution in [0.5, 0.6) is 11.5 Å². The Kier molecular flexibility index (Phi) is 5.73. The zero-order valence-corrected chi connectivity index (χ0v) is 18.1. The van der Waals surface area contributed by atoms with E-state index in [1.807, 2.05) is 18.2 Å². The Balaban J connectivity index is 1.28. The van der Waals surface area contributed by atoms with Gasteiger partial charge in [0, 0.05) is 37.6 Å². The summed E-state index contributed by atoms with van der Waals surface area (Å²) in [4.78, 5) is 22.9. The number of nitrogens with zero attached hydrogens (tertiary/aromatic N) is 3. The minimum absolute atomic E-state index is 0.190. The van der Waals surface area contributed by atoms with E-state index < -0.39 is 0 Å². The van der Waals surface area contributed by atoms with Gasteiger partial charge in [-0.2, -0.15) is 0 Å². The van der Waals surface area contributed by atoms with Crippen LogP contribution in [0, 0.1) is 0 Å². The molecule has 0 radical (unpaired) electrons. The van der Waals surface area contributed by atoms with Crippen molar-refractivity contribution in [2.45, 2.75) is 25.4 Å². The number of likely N-dealkylation sites (tertiary alicyclic amines) is 1. The first kappa shape index (κ1) is 20.5. The Morgan fingerprint density at radius 2 is 1.81 bits per heavy atom. The van der Waals surface area contributed by atoms with Gasteiger partial charge in [0.05, 0.1) is 5.56 Å². The van der Waals surface area contributed by atoms with E-state index in [0.717, 1.165) is 36.6 Å². The van der Waals surface area contributed by atoms with Crippen molar-refractivity contribution in [3.8, 4) is 22.9 Å². The molecular weight excluding hydrogens is 404 g/mol. The summed E-state index contributed by atoms with van der Waals surface area (Å²) in [6, 6.07) is 15.1. The van der Waals surface area contributed by atoms with E-state index in [-0.39, 0.29) is 5.91 Å². The molecule has 1 atom stereocenters. The molecule has 7 nitrogen and oxygen atoms in total. The summed E-state index contributed by atoms with van der Waals surface area (Å²) in [5.74, 6) is 2.11. The van der Waals surface area contributed by atoms with Crippen molar-refractivity contribution in [1.82, 2.24) is 20.2 Å². The number of nitrogens with one attached hydrogen (secondary N) is 1. The van der Waals surface area contributed by atoms with E-state index in [1.165, 1.54) is 17.5 Å². The number of amides is 1. The first-order valence-corrected chi connectivity index (χ1v) is 11.0. The second kappa shape index (κ2) is 8.96. The zero-order chi connectivity index (χ0) is 21.9. The molecule has 1 fully saturated rings. The van der Waals surface area contributed by atoms with Gasteiger partial charge in [-0.1, -0.05) is 30.3 Å². The topological polar surface area (TPSA) is 76.6 Å². The number of hydrogen-bond acceptors (Lipinski definition) is 6. The normalized spacial score (nSPS) is 17.8. The molecule has 7 heteroatoms. The molecule has 1 aromatic heterocycles. The minimum atomic E-state index is -0.190. The second-order valence-electron chi connectivity index (χ2n) is 8.10. The number of fused-ring (bicyclic) bond motifs is 1. The van der Waals surface area contributed by atoms with E-state index in [9.17, 15) is 4.79 Å². The van der Waals surface area contributed by atoms with Crippen LogP contribution in [-0.2, 0) is 6.54 Å². The molecule has 2 aliphatic heterocycles. The SMILES string of the molecule is CNC(=O)c1cnc(-c2ccc(CN3CCCC3c3ccc4c(c3)OCCO4)cc2)nc1. The summed E-state index contributed by atoms with van der Waals surface area (Å²) >= 11 is 0. The fraction of sp³-hybridized carbons (Fsp3) is 0.320. The van der Waals surface area contributed by atoms with Crippen molar-refractivity contribution in [3.05, 3.63) is 71.5 Å². The van der Waals surface area contributed by atoms with E-state index in [0.29, 0.717) is 30.6 Å². The first-order chi connectivity index (χ1) is 15.7. The quantitative estimate of drug-likeness (QED) is 0.666. The van der Waals surface area contributed by atoms with Gasteiger partial charge in [-0.05, 0) is 42.6 Å². The Morgan fingerprint density at radius 1 is 1.06 bits per heavy atom. The fourth-order valence-corrected chi connectivity index (χ4v) is 4.39. The highest BCUT2D eigenvalue weighted by atomic mass is 16.6. The number of hydrogen-bond donors (Lipinski definition) is 1. The molecule has 2 aliphatic rings. The van der Waals surface area contributed by atoms with E-state index >= 15 is 0 Å². The maximum absolute atomic E-state index is 11.7. The van der Waals surface area contributed by atoms with Gasteiger partial charge in [0.2, 0.25) is 0 Å². The monoisotopic (exact) mass is 430 g/mol. The second-order valence-corrected chi connectivity index (χ2v) is 8.10. The highest BCUT2D eigenvalue weighted by Crippen LogP contribution is 2.38. The third-order valence-corrected chi connectivity index (χ3v) is 6.05. The van der Waals surface area contributed by atoms with Gasteiger partial charge in [0.25, 0.3) is 5.91 Å². The van der Waals surface area contributed by atoms with Crippen LogP contribution in [0.2, 0.25) is 0 Å². The molecule has 3 heterocycles. The minimum Gasteiger partial charge on any atom is -0.486 e. The van der Waals surface area contributed by atoms with E-state index in [4.69, 9.17) is 9.47 Å². The van der Waals surface area contributed by atoms with Crippen LogP contribution in [-0.4, -0.2) is 47.6 Å². The van der Waals surface area contributed by atoms with Crippen LogP contribution in [0.1, 0.15) is 40.4 Å². The number of aromatic nitrogens is 2. The van der Waals surface area contributed by atoms with Crippen LogP contribution in [0.3, 0.4) is 0 Å².